The zero-order valence-electron chi connectivity index (χ0n) is 17.6. The predicted octanol–water partition coefficient (Wildman–Crippen LogP) is 2.81. The number of hydrogen-bond donors (Lipinski definition) is 3. The number of nitrogens with two attached hydrogens (primary N) is 1. The molecule has 4 N–H and O–H groups in total. The van der Waals surface area contributed by atoms with E-state index in [0.29, 0.717) is 36.8 Å². The Bertz CT molecular complexity index is 1190. The Labute approximate surface area is 190 Å². The maximum absolute atomic E-state index is 11.0. The number of aromatic nitrogens is 2. The number of pyridine rings is 1. The highest BCUT2D eigenvalue weighted by molar-refractivity contribution is 7.46. The summed E-state index contributed by atoms with van der Waals surface area (Å²) in [6.45, 7) is 0.432. The van der Waals surface area contributed by atoms with E-state index in [4.69, 9.17) is 24.8 Å². The van der Waals surface area contributed by atoms with Crippen molar-refractivity contribution >= 4 is 13.4 Å². The van der Waals surface area contributed by atoms with E-state index in [1.807, 2.05) is 42.5 Å². The molecule has 0 amide bonds. The molecule has 0 saturated heterocycles. The molecule has 4 rings (SSSR count). The van der Waals surface area contributed by atoms with Gasteiger partial charge < -0.3 is 29.7 Å². The molecule has 0 radical (unpaired) electrons. The molecule has 3 aromatic rings. The molecule has 2 aromatic heterocycles. The number of ether oxygens (including phenoxy) is 1. The van der Waals surface area contributed by atoms with Crippen LogP contribution in [-0.2, 0) is 22.1 Å². The van der Waals surface area contributed by atoms with E-state index in [2.05, 4.69) is 14.7 Å². The van der Waals surface area contributed by atoms with Crippen LogP contribution in [0.2, 0.25) is 0 Å². The maximum atomic E-state index is 11.0. The quantitative estimate of drug-likeness (QED) is 0.399. The molecule has 10 nitrogen and oxygen atoms in total. The number of phosphoric acid groups is 1. The van der Waals surface area contributed by atoms with Crippen molar-refractivity contribution in [2.45, 2.75) is 13.0 Å². The van der Waals surface area contributed by atoms with E-state index in [9.17, 15) is 4.57 Å². The molecule has 0 saturated carbocycles. The van der Waals surface area contributed by atoms with Crippen LogP contribution in [0.4, 0.5) is 0 Å². The van der Waals surface area contributed by atoms with Gasteiger partial charge in [-0.2, -0.15) is 0 Å². The molecule has 0 fully saturated rings. The van der Waals surface area contributed by atoms with Crippen molar-refractivity contribution < 1.29 is 28.1 Å². The van der Waals surface area contributed by atoms with Gasteiger partial charge in [0.15, 0.2) is 5.76 Å². The van der Waals surface area contributed by atoms with Gasteiger partial charge in [-0.25, -0.2) is 9.55 Å². The van der Waals surface area contributed by atoms with E-state index in [1.54, 1.807) is 24.4 Å². The monoisotopic (exact) mass is 470 g/mol. The fourth-order valence-corrected chi connectivity index (χ4v) is 3.49. The van der Waals surface area contributed by atoms with Crippen molar-refractivity contribution in [2.75, 3.05) is 13.3 Å². The Balaban J connectivity index is 1.38. The third-order valence-electron chi connectivity index (χ3n) is 4.87. The van der Waals surface area contributed by atoms with Gasteiger partial charge in [0, 0.05) is 31.3 Å². The van der Waals surface area contributed by atoms with Gasteiger partial charge in [0.05, 0.1) is 11.3 Å². The summed E-state index contributed by atoms with van der Waals surface area (Å²) in [7, 11) is -4.60. The van der Waals surface area contributed by atoms with Gasteiger partial charge in [0.2, 0.25) is 5.88 Å². The summed E-state index contributed by atoms with van der Waals surface area (Å²) < 4.78 is 26.6. The van der Waals surface area contributed by atoms with Crippen LogP contribution in [0.3, 0.4) is 0 Å². The maximum Gasteiger partial charge on any atom is 0.471 e. The summed E-state index contributed by atoms with van der Waals surface area (Å²) in [6.07, 6.45) is 5.82. The molecule has 0 aliphatic carbocycles. The highest BCUT2D eigenvalue weighted by Gasteiger charge is 2.22. The highest BCUT2D eigenvalue weighted by Crippen LogP contribution is 2.36. The Morgan fingerprint density at radius 1 is 1.15 bits per heavy atom. The fourth-order valence-electron chi connectivity index (χ4n) is 3.20. The van der Waals surface area contributed by atoms with Gasteiger partial charge in [-0.3, -0.25) is 4.52 Å². The molecule has 1 aliphatic rings. The second-order valence-electron chi connectivity index (χ2n) is 7.30. The Morgan fingerprint density at radius 3 is 2.67 bits per heavy atom. The lowest BCUT2D eigenvalue weighted by atomic mass is 10.1. The second-order valence-corrected chi connectivity index (χ2v) is 8.54. The number of hydrogen-bond acceptors (Lipinski definition) is 8. The largest absolute Gasteiger partial charge is 0.473 e. The third kappa shape index (κ3) is 6.30. The van der Waals surface area contributed by atoms with Gasteiger partial charge in [-0.05, 0) is 23.3 Å². The van der Waals surface area contributed by atoms with Gasteiger partial charge in [-0.1, -0.05) is 41.6 Å². The number of phosphoric ester groups is 1. The fraction of sp³-hybridized carbons (Fsp3) is 0.182. The first kappa shape index (κ1) is 22.8. The zero-order valence-corrected chi connectivity index (χ0v) is 18.5. The van der Waals surface area contributed by atoms with Crippen molar-refractivity contribution in [3.8, 4) is 5.88 Å². The normalized spacial score (nSPS) is 14.1. The molecule has 33 heavy (non-hydrogen) atoms. The molecule has 1 aromatic carbocycles. The predicted molar refractivity (Wildman–Crippen MR) is 119 cm³/mol. The standard InChI is InChI=1S/C22H23N4O6P/c23-22-19(4-3-11-26(22)15-31-33(27,28)29)20-13-18(25-32-20)12-16-6-8-17(9-7-16)14-30-21-5-1-2-10-24-21/h1-10,13H,11-12,14-15,23H2,(H2,27,28,29). The van der Waals surface area contributed by atoms with E-state index in [0.717, 1.165) is 16.8 Å². The molecular formula is C22H23N4O6P. The topological polar surface area (TPSA) is 144 Å². The Kier molecular flexibility index (Phi) is 6.90. The average molecular weight is 470 g/mol. The van der Waals surface area contributed by atoms with Gasteiger partial charge in [0.25, 0.3) is 0 Å². The van der Waals surface area contributed by atoms with Gasteiger partial charge in [0.1, 0.15) is 19.2 Å². The number of nitrogens with zero attached hydrogens (tertiary/aromatic N) is 3. The van der Waals surface area contributed by atoms with Crippen LogP contribution in [0.25, 0.3) is 5.57 Å². The Hall–Kier alpha value is -3.43. The minimum Gasteiger partial charge on any atom is -0.473 e. The van der Waals surface area contributed by atoms with Crippen LogP contribution in [0.5, 0.6) is 5.88 Å². The van der Waals surface area contributed by atoms with Gasteiger partial charge >= 0.3 is 7.82 Å². The molecule has 3 heterocycles. The van der Waals surface area contributed by atoms with Crippen LogP contribution >= 0.6 is 7.82 Å². The molecule has 0 spiro atoms. The van der Waals surface area contributed by atoms with E-state index < -0.39 is 7.82 Å². The smallest absolute Gasteiger partial charge is 0.471 e. The van der Waals surface area contributed by atoms with Crippen molar-refractivity contribution in [3.63, 3.8) is 0 Å². The summed E-state index contributed by atoms with van der Waals surface area (Å²) in [6, 6.07) is 15.3. The molecule has 172 valence electrons. The van der Waals surface area contributed by atoms with Gasteiger partial charge in [-0.15, -0.1) is 0 Å². The highest BCUT2D eigenvalue weighted by atomic mass is 31.2. The lowest BCUT2D eigenvalue weighted by Gasteiger charge is -2.27. The van der Waals surface area contributed by atoms with E-state index in [1.165, 1.54) is 4.90 Å². The van der Waals surface area contributed by atoms with Crippen LogP contribution in [0, 0.1) is 0 Å². The molecule has 11 heteroatoms. The average Bonchev–Trinajstić information content (AvgIpc) is 3.26. The van der Waals surface area contributed by atoms with Crippen LogP contribution in [-0.4, -0.2) is 38.1 Å². The Morgan fingerprint density at radius 2 is 1.94 bits per heavy atom. The van der Waals surface area contributed by atoms with Crippen LogP contribution < -0.4 is 10.5 Å². The molecule has 1 aliphatic heterocycles. The second kappa shape index (κ2) is 10.0. The van der Waals surface area contributed by atoms with E-state index >= 15 is 0 Å². The van der Waals surface area contributed by atoms with E-state index in [-0.39, 0.29) is 12.6 Å². The lowest BCUT2D eigenvalue weighted by molar-refractivity contribution is 0.120. The summed E-state index contributed by atoms with van der Waals surface area (Å²) in [5, 5.41) is 4.12. The first-order chi connectivity index (χ1) is 15.9. The van der Waals surface area contributed by atoms with Crippen LogP contribution in [0.1, 0.15) is 22.6 Å². The van der Waals surface area contributed by atoms with Crippen molar-refractivity contribution in [1.29, 1.82) is 0 Å². The van der Waals surface area contributed by atoms with Crippen molar-refractivity contribution in [3.05, 3.63) is 95.3 Å². The number of rotatable bonds is 9. The summed E-state index contributed by atoms with van der Waals surface area (Å²) in [5.74, 6) is 1.32. The molecule has 0 atom stereocenters. The first-order valence-electron chi connectivity index (χ1n) is 10.1. The SMILES string of the molecule is NC1=C(c2cc(Cc3ccc(COc4ccccn4)cc3)no2)C=CCN1COP(=O)(O)O. The third-order valence-corrected chi connectivity index (χ3v) is 5.32. The molecular weight excluding hydrogens is 447 g/mol. The molecule has 0 unspecified atom stereocenters. The van der Waals surface area contributed by atoms with Crippen molar-refractivity contribution in [2.24, 2.45) is 5.73 Å². The van der Waals surface area contributed by atoms with Crippen LogP contribution in [0.15, 0.2) is 77.2 Å². The summed E-state index contributed by atoms with van der Waals surface area (Å²) in [4.78, 5) is 23.4. The minimum atomic E-state index is -4.60. The first-order valence-corrected chi connectivity index (χ1v) is 11.6. The zero-order chi connectivity index (χ0) is 23.3. The lowest BCUT2D eigenvalue weighted by Crippen LogP contribution is -2.32. The summed E-state index contributed by atoms with van der Waals surface area (Å²) >= 11 is 0. The number of benzene rings is 1. The molecule has 0 bridgehead atoms. The number of allylic oxidation sites excluding steroid dienone is 2. The minimum absolute atomic E-state index is 0.283. The summed E-state index contributed by atoms with van der Waals surface area (Å²) in [5.41, 5.74) is 9.51. The van der Waals surface area contributed by atoms with Crippen molar-refractivity contribution in [1.82, 2.24) is 15.0 Å².